The number of nitrogens with zero attached hydrogens (tertiary/aromatic N) is 3. The summed E-state index contributed by atoms with van der Waals surface area (Å²) in [6, 6.07) is 6.52. The van der Waals surface area contributed by atoms with Crippen molar-refractivity contribution in [2.45, 2.75) is 0 Å². The van der Waals surface area contributed by atoms with Crippen LogP contribution < -0.4 is 5.43 Å². The molecule has 1 amide bonds. The van der Waals surface area contributed by atoms with Gasteiger partial charge in [-0.1, -0.05) is 0 Å². The molecule has 2 N–H and O–H groups in total. The van der Waals surface area contributed by atoms with Gasteiger partial charge in [-0.3, -0.25) is 19.9 Å². The number of rotatable bonds is 4. The van der Waals surface area contributed by atoms with Gasteiger partial charge in [0, 0.05) is 35.7 Å². The summed E-state index contributed by atoms with van der Waals surface area (Å²) in [5.41, 5.74) is 2.55. The standard InChI is InChI=1S/C13H10N4O4/c18-12-2-1-11(17(20)21)7-10(12)8-15-16-13(19)9-3-5-14-6-4-9/h1-8,18H,(H,16,19)/b15-8-. The maximum atomic E-state index is 11.7. The van der Waals surface area contributed by atoms with Crippen LogP contribution in [0.1, 0.15) is 15.9 Å². The third-order valence-corrected chi connectivity index (χ3v) is 2.53. The molecule has 2 aromatic rings. The molecule has 8 nitrogen and oxygen atoms in total. The summed E-state index contributed by atoms with van der Waals surface area (Å²) in [6.07, 6.45) is 4.05. The van der Waals surface area contributed by atoms with Crippen LogP contribution in [0.25, 0.3) is 0 Å². The molecular weight excluding hydrogens is 276 g/mol. The Bertz CT molecular complexity index is 701. The van der Waals surface area contributed by atoms with Crippen molar-refractivity contribution in [1.29, 1.82) is 0 Å². The van der Waals surface area contributed by atoms with E-state index in [4.69, 9.17) is 0 Å². The van der Waals surface area contributed by atoms with Crippen LogP contribution in [0, 0.1) is 10.1 Å². The zero-order valence-electron chi connectivity index (χ0n) is 10.6. The van der Waals surface area contributed by atoms with Gasteiger partial charge in [0.05, 0.1) is 11.1 Å². The van der Waals surface area contributed by atoms with Crippen molar-refractivity contribution in [3.63, 3.8) is 0 Å². The second-order valence-corrected chi connectivity index (χ2v) is 3.94. The van der Waals surface area contributed by atoms with Gasteiger partial charge in [-0.05, 0) is 18.2 Å². The average Bonchev–Trinajstić information content (AvgIpc) is 2.49. The maximum absolute atomic E-state index is 11.7. The molecule has 2 rings (SSSR count). The van der Waals surface area contributed by atoms with Crippen LogP contribution in [-0.2, 0) is 0 Å². The highest BCUT2D eigenvalue weighted by Gasteiger charge is 2.09. The normalized spacial score (nSPS) is 10.5. The van der Waals surface area contributed by atoms with Crippen LogP contribution in [0.2, 0.25) is 0 Å². The number of hydrogen-bond acceptors (Lipinski definition) is 6. The largest absolute Gasteiger partial charge is 0.507 e. The Morgan fingerprint density at radius 3 is 2.71 bits per heavy atom. The van der Waals surface area contributed by atoms with Gasteiger partial charge < -0.3 is 5.11 Å². The summed E-state index contributed by atoms with van der Waals surface area (Å²) in [6.45, 7) is 0. The van der Waals surface area contributed by atoms with Crippen molar-refractivity contribution in [3.05, 3.63) is 64.0 Å². The minimum atomic E-state index is -0.591. The quantitative estimate of drug-likeness (QED) is 0.501. The zero-order valence-corrected chi connectivity index (χ0v) is 10.6. The van der Waals surface area contributed by atoms with Gasteiger partial charge in [-0.15, -0.1) is 0 Å². The summed E-state index contributed by atoms with van der Waals surface area (Å²) < 4.78 is 0. The molecule has 1 aromatic carbocycles. The molecule has 0 aliphatic carbocycles. The lowest BCUT2D eigenvalue weighted by molar-refractivity contribution is -0.384. The summed E-state index contributed by atoms with van der Waals surface area (Å²) in [4.78, 5) is 25.5. The number of phenolic OH excluding ortho intramolecular Hbond substituents is 1. The number of hydrogen-bond donors (Lipinski definition) is 2. The third kappa shape index (κ3) is 3.60. The van der Waals surface area contributed by atoms with Gasteiger partial charge in [0.25, 0.3) is 11.6 Å². The van der Waals surface area contributed by atoms with Crippen LogP contribution in [0.5, 0.6) is 5.75 Å². The number of nitro groups is 1. The number of amides is 1. The lowest BCUT2D eigenvalue weighted by Crippen LogP contribution is -2.17. The number of non-ortho nitro benzene ring substituents is 1. The highest BCUT2D eigenvalue weighted by atomic mass is 16.6. The van der Waals surface area contributed by atoms with Gasteiger partial charge in [-0.2, -0.15) is 5.10 Å². The van der Waals surface area contributed by atoms with E-state index in [1.807, 2.05) is 0 Å². The Balaban J connectivity index is 2.10. The number of benzene rings is 1. The number of phenols is 1. The Labute approximate surface area is 118 Å². The van der Waals surface area contributed by atoms with E-state index in [9.17, 15) is 20.0 Å². The number of nitro benzene ring substituents is 1. The Kier molecular flexibility index (Phi) is 4.20. The van der Waals surface area contributed by atoms with Crippen LogP contribution in [-0.4, -0.2) is 27.1 Å². The van der Waals surface area contributed by atoms with E-state index < -0.39 is 10.8 Å². The zero-order chi connectivity index (χ0) is 15.2. The molecule has 0 aliphatic heterocycles. The number of pyridine rings is 1. The minimum Gasteiger partial charge on any atom is -0.507 e. The summed E-state index contributed by atoms with van der Waals surface area (Å²) in [5, 5.41) is 23.9. The van der Waals surface area contributed by atoms with Crippen molar-refractivity contribution >= 4 is 17.8 Å². The highest BCUT2D eigenvalue weighted by molar-refractivity contribution is 5.95. The molecule has 0 radical (unpaired) electrons. The van der Waals surface area contributed by atoms with Gasteiger partial charge in [0.15, 0.2) is 0 Å². The molecule has 0 spiro atoms. The Hall–Kier alpha value is -3.29. The topological polar surface area (TPSA) is 118 Å². The minimum absolute atomic E-state index is 0.124. The smallest absolute Gasteiger partial charge is 0.271 e. The number of hydrazone groups is 1. The molecular formula is C13H10N4O4. The molecule has 21 heavy (non-hydrogen) atoms. The number of nitrogens with one attached hydrogen (secondary N) is 1. The van der Waals surface area contributed by atoms with Crippen LogP contribution in [0.4, 0.5) is 5.69 Å². The summed E-state index contributed by atoms with van der Waals surface area (Å²) >= 11 is 0. The van der Waals surface area contributed by atoms with E-state index in [0.29, 0.717) is 5.56 Å². The first kappa shape index (κ1) is 14.1. The van der Waals surface area contributed by atoms with Crippen molar-refractivity contribution in [2.24, 2.45) is 5.10 Å². The second kappa shape index (κ2) is 6.24. The monoisotopic (exact) mass is 286 g/mol. The van der Waals surface area contributed by atoms with E-state index in [-0.39, 0.29) is 17.0 Å². The van der Waals surface area contributed by atoms with Crippen molar-refractivity contribution in [1.82, 2.24) is 10.4 Å². The van der Waals surface area contributed by atoms with Gasteiger partial charge in [-0.25, -0.2) is 5.43 Å². The van der Waals surface area contributed by atoms with Crippen LogP contribution >= 0.6 is 0 Å². The van der Waals surface area contributed by atoms with Crippen LogP contribution in [0.3, 0.4) is 0 Å². The molecule has 1 heterocycles. The third-order valence-electron chi connectivity index (χ3n) is 2.53. The van der Waals surface area contributed by atoms with Gasteiger partial charge in [0.2, 0.25) is 0 Å². The molecule has 0 saturated carbocycles. The lowest BCUT2D eigenvalue weighted by Gasteiger charge is -2.00. The van der Waals surface area contributed by atoms with Crippen molar-refractivity contribution in [2.75, 3.05) is 0 Å². The molecule has 0 unspecified atom stereocenters. The first-order chi connectivity index (χ1) is 10.1. The first-order valence-electron chi connectivity index (χ1n) is 5.79. The number of aromatic hydroxyl groups is 1. The predicted molar refractivity (Wildman–Crippen MR) is 74.1 cm³/mol. The average molecular weight is 286 g/mol. The van der Waals surface area contributed by atoms with E-state index in [0.717, 1.165) is 12.3 Å². The molecule has 0 bridgehead atoms. The fraction of sp³-hybridized carbons (Fsp3) is 0. The van der Waals surface area contributed by atoms with E-state index in [2.05, 4.69) is 15.5 Å². The lowest BCUT2D eigenvalue weighted by atomic mass is 10.2. The van der Waals surface area contributed by atoms with Crippen molar-refractivity contribution in [3.8, 4) is 5.75 Å². The van der Waals surface area contributed by atoms with Gasteiger partial charge in [0.1, 0.15) is 5.75 Å². The van der Waals surface area contributed by atoms with Crippen LogP contribution in [0.15, 0.2) is 47.8 Å². The summed E-state index contributed by atoms with van der Waals surface area (Å²) in [7, 11) is 0. The molecule has 0 saturated heterocycles. The molecule has 0 fully saturated rings. The molecule has 0 atom stereocenters. The number of aromatic nitrogens is 1. The van der Waals surface area contributed by atoms with Gasteiger partial charge >= 0.3 is 0 Å². The number of carbonyl (C=O) groups is 1. The molecule has 106 valence electrons. The highest BCUT2D eigenvalue weighted by Crippen LogP contribution is 2.21. The summed E-state index contributed by atoms with van der Waals surface area (Å²) in [5.74, 6) is -0.638. The SMILES string of the molecule is O=C(N/N=C\c1cc([N+](=O)[O-])ccc1O)c1ccncc1. The Morgan fingerprint density at radius 2 is 2.05 bits per heavy atom. The molecule has 1 aromatic heterocycles. The fourth-order valence-electron chi connectivity index (χ4n) is 1.49. The van der Waals surface area contributed by atoms with E-state index >= 15 is 0 Å². The Morgan fingerprint density at radius 1 is 1.33 bits per heavy atom. The van der Waals surface area contributed by atoms with E-state index in [1.165, 1.54) is 36.7 Å². The molecule has 0 aliphatic rings. The van der Waals surface area contributed by atoms with Crippen molar-refractivity contribution < 1.29 is 14.8 Å². The first-order valence-corrected chi connectivity index (χ1v) is 5.79. The molecule has 8 heteroatoms. The second-order valence-electron chi connectivity index (χ2n) is 3.94. The van der Waals surface area contributed by atoms with E-state index in [1.54, 1.807) is 0 Å². The fourth-order valence-corrected chi connectivity index (χ4v) is 1.49. The predicted octanol–water partition coefficient (Wildman–Crippen LogP) is 1.46. The maximum Gasteiger partial charge on any atom is 0.271 e. The number of carbonyl (C=O) groups excluding carboxylic acids is 1.